The Morgan fingerprint density at radius 1 is 1.06 bits per heavy atom. The molecule has 6 nitrogen and oxygen atoms in total. The Morgan fingerprint density at radius 3 is 2.50 bits per heavy atom. The lowest BCUT2D eigenvalue weighted by molar-refractivity contribution is 0.402. The minimum absolute atomic E-state index is 0.478. The SMILES string of the molecule is COc1ncc(-c2cnn(C)c2)c2nccnc12. The molecule has 0 fully saturated rings. The van der Waals surface area contributed by atoms with E-state index in [9.17, 15) is 0 Å². The lowest BCUT2D eigenvalue weighted by Crippen LogP contribution is -1.94. The van der Waals surface area contributed by atoms with Crippen LogP contribution in [0.4, 0.5) is 0 Å². The van der Waals surface area contributed by atoms with Crippen molar-refractivity contribution in [3.8, 4) is 17.0 Å². The number of aromatic nitrogens is 5. The summed E-state index contributed by atoms with van der Waals surface area (Å²) in [5, 5.41) is 4.15. The third-order valence-electron chi connectivity index (χ3n) is 2.68. The molecule has 3 aromatic heterocycles. The molecule has 0 aliphatic heterocycles. The second kappa shape index (κ2) is 4.06. The highest BCUT2D eigenvalue weighted by atomic mass is 16.5. The summed E-state index contributed by atoms with van der Waals surface area (Å²) in [5.74, 6) is 0.478. The molecular weight excluding hydrogens is 230 g/mol. The van der Waals surface area contributed by atoms with Crippen LogP contribution in [0.5, 0.6) is 5.88 Å². The van der Waals surface area contributed by atoms with Gasteiger partial charge in [-0.3, -0.25) is 9.67 Å². The van der Waals surface area contributed by atoms with E-state index in [0.29, 0.717) is 11.4 Å². The summed E-state index contributed by atoms with van der Waals surface area (Å²) >= 11 is 0. The smallest absolute Gasteiger partial charge is 0.241 e. The molecule has 0 radical (unpaired) electrons. The summed E-state index contributed by atoms with van der Waals surface area (Å²) in [6.45, 7) is 0. The Morgan fingerprint density at radius 2 is 1.83 bits per heavy atom. The van der Waals surface area contributed by atoms with Crippen molar-refractivity contribution < 1.29 is 4.74 Å². The zero-order valence-electron chi connectivity index (χ0n) is 10.0. The van der Waals surface area contributed by atoms with Crippen LogP contribution in [0.3, 0.4) is 0 Å². The van der Waals surface area contributed by atoms with Crippen molar-refractivity contribution in [2.75, 3.05) is 7.11 Å². The Labute approximate surface area is 103 Å². The van der Waals surface area contributed by atoms with Crippen LogP contribution in [0, 0.1) is 0 Å². The molecule has 0 aliphatic rings. The third kappa shape index (κ3) is 1.58. The topological polar surface area (TPSA) is 65.7 Å². The van der Waals surface area contributed by atoms with E-state index in [4.69, 9.17) is 4.74 Å². The number of hydrogen-bond acceptors (Lipinski definition) is 5. The number of aryl methyl sites for hydroxylation is 1. The average Bonchev–Trinajstić information content (AvgIpc) is 2.84. The molecule has 0 saturated carbocycles. The van der Waals surface area contributed by atoms with Gasteiger partial charge in [0.25, 0.3) is 0 Å². The van der Waals surface area contributed by atoms with Gasteiger partial charge in [-0.1, -0.05) is 0 Å². The fourth-order valence-corrected chi connectivity index (χ4v) is 1.86. The van der Waals surface area contributed by atoms with Gasteiger partial charge in [0.1, 0.15) is 5.52 Å². The Hall–Kier alpha value is -2.50. The normalized spacial score (nSPS) is 10.8. The van der Waals surface area contributed by atoms with E-state index in [1.165, 1.54) is 0 Å². The maximum Gasteiger partial charge on any atom is 0.241 e. The molecule has 0 unspecified atom stereocenters. The maximum atomic E-state index is 5.19. The predicted octanol–water partition coefficient (Wildman–Crippen LogP) is 1.43. The first-order valence-corrected chi connectivity index (χ1v) is 5.42. The monoisotopic (exact) mass is 241 g/mol. The number of pyridine rings is 1. The van der Waals surface area contributed by atoms with Gasteiger partial charge in [0, 0.05) is 43.0 Å². The van der Waals surface area contributed by atoms with E-state index in [-0.39, 0.29) is 0 Å². The van der Waals surface area contributed by atoms with Gasteiger partial charge in [-0.15, -0.1) is 0 Å². The minimum Gasteiger partial charge on any atom is -0.479 e. The summed E-state index contributed by atoms with van der Waals surface area (Å²) in [6.07, 6.45) is 8.70. The molecule has 0 aromatic carbocycles. The van der Waals surface area contributed by atoms with Crippen molar-refractivity contribution in [3.63, 3.8) is 0 Å². The zero-order valence-corrected chi connectivity index (χ0v) is 10.0. The van der Waals surface area contributed by atoms with Gasteiger partial charge in [0.2, 0.25) is 5.88 Å². The lowest BCUT2D eigenvalue weighted by atomic mass is 10.1. The summed E-state index contributed by atoms with van der Waals surface area (Å²) in [4.78, 5) is 12.9. The van der Waals surface area contributed by atoms with Gasteiger partial charge in [-0.2, -0.15) is 5.10 Å². The molecule has 0 atom stereocenters. The van der Waals surface area contributed by atoms with E-state index in [1.807, 2.05) is 13.2 Å². The summed E-state index contributed by atoms with van der Waals surface area (Å²) in [5.41, 5.74) is 3.27. The molecule has 3 rings (SSSR count). The molecule has 18 heavy (non-hydrogen) atoms. The standard InChI is InChI=1S/C12H11N5O/c1-17-7-8(5-16-17)9-6-15-12(18-2)11-10(9)13-3-4-14-11/h3-7H,1-2H3. The van der Waals surface area contributed by atoms with Crippen LogP contribution in [0.15, 0.2) is 31.0 Å². The highest BCUT2D eigenvalue weighted by molar-refractivity contribution is 5.92. The van der Waals surface area contributed by atoms with Crippen LogP contribution in [-0.4, -0.2) is 31.8 Å². The van der Waals surface area contributed by atoms with Crippen LogP contribution < -0.4 is 4.74 Å². The van der Waals surface area contributed by atoms with Crippen molar-refractivity contribution in [2.45, 2.75) is 0 Å². The number of ether oxygens (including phenoxy) is 1. The molecule has 0 amide bonds. The summed E-state index contributed by atoms with van der Waals surface area (Å²) in [7, 11) is 3.44. The van der Waals surface area contributed by atoms with Crippen molar-refractivity contribution in [2.24, 2.45) is 7.05 Å². The van der Waals surface area contributed by atoms with E-state index in [2.05, 4.69) is 20.1 Å². The summed E-state index contributed by atoms with van der Waals surface area (Å²) < 4.78 is 6.93. The fraction of sp³-hybridized carbons (Fsp3) is 0.167. The second-order valence-corrected chi connectivity index (χ2v) is 3.84. The Kier molecular flexibility index (Phi) is 2.40. The third-order valence-corrected chi connectivity index (χ3v) is 2.68. The molecule has 0 aliphatic carbocycles. The molecular formula is C12H11N5O. The molecule has 0 spiro atoms. The van der Waals surface area contributed by atoms with Crippen LogP contribution in [0.2, 0.25) is 0 Å². The van der Waals surface area contributed by atoms with Crippen LogP contribution >= 0.6 is 0 Å². The largest absolute Gasteiger partial charge is 0.479 e. The minimum atomic E-state index is 0.478. The van der Waals surface area contributed by atoms with E-state index in [1.54, 1.807) is 36.6 Å². The highest BCUT2D eigenvalue weighted by Gasteiger charge is 2.12. The van der Waals surface area contributed by atoms with Crippen molar-refractivity contribution >= 4 is 11.0 Å². The second-order valence-electron chi connectivity index (χ2n) is 3.84. The number of hydrogen-bond donors (Lipinski definition) is 0. The first-order valence-electron chi connectivity index (χ1n) is 5.42. The van der Waals surface area contributed by atoms with Gasteiger partial charge in [0.05, 0.1) is 13.3 Å². The molecule has 0 saturated heterocycles. The average molecular weight is 241 g/mol. The first kappa shape index (κ1) is 10.6. The first-order chi connectivity index (χ1) is 8.79. The molecule has 90 valence electrons. The molecule has 3 heterocycles. The number of nitrogens with zero attached hydrogens (tertiary/aromatic N) is 5. The maximum absolute atomic E-state index is 5.19. The van der Waals surface area contributed by atoms with Gasteiger partial charge >= 0.3 is 0 Å². The molecule has 3 aromatic rings. The summed E-state index contributed by atoms with van der Waals surface area (Å²) in [6, 6.07) is 0. The van der Waals surface area contributed by atoms with Crippen molar-refractivity contribution in [1.82, 2.24) is 24.7 Å². The molecule has 0 N–H and O–H groups in total. The Bertz CT molecular complexity index is 707. The van der Waals surface area contributed by atoms with Gasteiger partial charge in [-0.25, -0.2) is 9.97 Å². The van der Waals surface area contributed by atoms with Gasteiger partial charge < -0.3 is 4.74 Å². The van der Waals surface area contributed by atoms with Crippen molar-refractivity contribution in [3.05, 3.63) is 31.0 Å². The van der Waals surface area contributed by atoms with Crippen LogP contribution in [0.1, 0.15) is 0 Å². The van der Waals surface area contributed by atoms with Gasteiger partial charge in [-0.05, 0) is 0 Å². The number of methoxy groups -OCH3 is 1. The number of fused-ring (bicyclic) bond motifs is 1. The predicted molar refractivity (Wildman–Crippen MR) is 66.1 cm³/mol. The zero-order chi connectivity index (χ0) is 12.5. The fourth-order valence-electron chi connectivity index (χ4n) is 1.86. The quantitative estimate of drug-likeness (QED) is 0.679. The number of rotatable bonds is 2. The Balaban J connectivity index is 2.31. The molecule has 6 heteroatoms. The highest BCUT2D eigenvalue weighted by Crippen LogP contribution is 2.29. The van der Waals surface area contributed by atoms with Crippen LogP contribution in [0.25, 0.3) is 22.2 Å². The van der Waals surface area contributed by atoms with E-state index in [0.717, 1.165) is 16.6 Å². The van der Waals surface area contributed by atoms with Crippen LogP contribution in [-0.2, 0) is 7.05 Å². The molecule has 0 bridgehead atoms. The van der Waals surface area contributed by atoms with E-state index < -0.39 is 0 Å². The van der Waals surface area contributed by atoms with Gasteiger partial charge in [0.15, 0.2) is 5.52 Å². The van der Waals surface area contributed by atoms with E-state index >= 15 is 0 Å². The van der Waals surface area contributed by atoms with Crippen molar-refractivity contribution in [1.29, 1.82) is 0 Å². The lowest BCUT2D eigenvalue weighted by Gasteiger charge is -2.05.